The monoisotopic (exact) mass is 579 g/mol. The zero-order valence-electron chi connectivity index (χ0n) is 21.8. The van der Waals surface area contributed by atoms with Gasteiger partial charge in [-0.3, -0.25) is 9.59 Å². The average Bonchev–Trinajstić information content (AvgIpc) is 3.70. The average molecular weight is 581 g/mol. The Balaban J connectivity index is 1.86. The largest absolute Gasteiger partial charge is 0.481 e. The molecule has 38 heavy (non-hydrogen) atoms. The Morgan fingerprint density at radius 3 is 2.34 bits per heavy atom. The van der Waals surface area contributed by atoms with Gasteiger partial charge < -0.3 is 10.4 Å². The van der Waals surface area contributed by atoms with Crippen molar-refractivity contribution in [2.45, 2.75) is 75.5 Å². The van der Waals surface area contributed by atoms with Crippen LogP contribution >= 0.6 is 23.2 Å². The van der Waals surface area contributed by atoms with Crippen LogP contribution in [0.25, 0.3) is 0 Å². The van der Waals surface area contributed by atoms with Crippen LogP contribution in [0.4, 0.5) is 0 Å². The van der Waals surface area contributed by atoms with Gasteiger partial charge in [0.15, 0.2) is 9.84 Å². The minimum atomic E-state index is -3.64. The van der Waals surface area contributed by atoms with Crippen LogP contribution in [-0.4, -0.2) is 37.2 Å². The molecule has 0 spiro atoms. The van der Waals surface area contributed by atoms with Crippen molar-refractivity contribution in [3.8, 4) is 0 Å². The Labute approximate surface area is 235 Å². The van der Waals surface area contributed by atoms with Gasteiger partial charge in [-0.25, -0.2) is 8.42 Å². The number of benzene rings is 2. The Kier molecular flexibility index (Phi) is 8.51. The highest BCUT2D eigenvalue weighted by molar-refractivity contribution is 7.92. The van der Waals surface area contributed by atoms with Gasteiger partial charge in [-0.2, -0.15) is 0 Å². The van der Waals surface area contributed by atoms with Crippen molar-refractivity contribution in [3.63, 3.8) is 0 Å². The van der Waals surface area contributed by atoms with Crippen molar-refractivity contribution >= 4 is 44.9 Å². The van der Waals surface area contributed by atoms with Crippen LogP contribution in [0.5, 0.6) is 0 Å². The van der Waals surface area contributed by atoms with Crippen LogP contribution in [0.2, 0.25) is 10.0 Å². The summed E-state index contributed by atoms with van der Waals surface area (Å²) in [7, 11) is -3.64. The SMILES string of the molecule is CCCS(=O)(=O)[C@](C[C@@H]1NC(=O)[C@](CC)(CC(=O)O)C[C@@H]1c1cccc(Cl)c1)(c1ccc(Cl)cc1)C1CC1. The lowest BCUT2D eigenvalue weighted by molar-refractivity contribution is -0.148. The van der Waals surface area contributed by atoms with Crippen LogP contribution < -0.4 is 5.32 Å². The molecule has 1 aliphatic carbocycles. The number of hydrogen-bond acceptors (Lipinski definition) is 4. The minimum absolute atomic E-state index is 0.0343. The second-order valence-corrected chi connectivity index (χ2v) is 14.1. The van der Waals surface area contributed by atoms with Gasteiger partial charge in [0, 0.05) is 22.0 Å². The Morgan fingerprint density at radius 2 is 1.79 bits per heavy atom. The standard InChI is InChI=1S/C29H35Cl2NO5S/c1-3-14-38(36,37)29(20-8-9-20,21-10-12-22(30)13-11-21)17-25-24(19-6-5-7-23(31)15-19)16-28(4-2,18-26(33)34)27(35)32-25/h5-7,10-13,15,20,24-25H,3-4,8-9,14,16-18H2,1-2H3,(H,32,35)(H,33,34)/t24-,25+,28+,29+/m1/s1. The third-order valence-corrected chi connectivity index (χ3v) is 11.7. The molecular weight excluding hydrogens is 545 g/mol. The fourth-order valence-electron chi connectivity index (χ4n) is 6.37. The van der Waals surface area contributed by atoms with E-state index in [0.717, 1.165) is 18.4 Å². The number of piperidine rings is 1. The highest BCUT2D eigenvalue weighted by atomic mass is 35.5. The first-order valence-electron chi connectivity index (χ1n) is 13.2. The summed E-state index contributed by atoms with van der Waals surface area (Å²) in [6.07, 6.45) is 2.60. The number of sulfone groups is 1. The number of halogens is 2. The van der Waals surface area contributed by atoms with Gasteiger partial charge in [0.25, 0.3) is 0 Å². The van der Waals surface area contributed by atoms with Crippen molar-refractivity contribution in [1.82, 2.24) is 5.32 Å². The van der Waals surface area contributed by atoms with E-state index in [1.807, 2.05) is 32.0 Å². The maximum atomic E-state index is 14.2. The Hall–Kier alpha value is -2.09. The zero-order chi connectivity index (χ0) is 27.7. The van der Waals surface area contributed by atoms with Crippen molar-refractivity contribution < 1.29 is 23.1 Å². The van der Waals surface area contributed by atoms with E-state index in [2.05, 4.69) is 5.32 Å². The number of carbonyl (C=O) groups is 2. The number of amides is 1. The predicted molar refractivity (Wildman–Crippen MR) is 150 cm³/mol. The minimum Gasteiger partial charge on any atom is -0.481 e. The summed E-state index contributed by atoms with van der Waals surface area (Å²) in [5.74, 6) is -1.72. The van der Waals surface area contributed by atoms with Crippen LogP contribution in [0, 0.1) is 11.3 Å². The third kappa shape index (κ3) is 5.47. The van der Waals surface area contributed by atoms with Crippen LogP contribution in [0.15, 0.2) is 48.5 Å². The normalized spacial score (nSPS) is 25.4. The molecule has 4 atom stereocenters. The van der Waals surface area contributed by atoms with E-state index in [9.17, 15) is 23.1 Å². The topological polar surface area (TPSA) is 101 Å². The van der Waals surface area contributed by atoms with Crippen molar-refractivity contribution in [2.75, 3.05) is 5.75 Å². The summed E-state index contributed by atoms with van der Waals surface area (Å²) in [4.78, 5) is 25.4. The summed E-state index contributed by atoms with van der Waals surface area (Å²) in [5.41, 5.74) is 0.453. The molecule has 206 valence electrons. The lowest BCUT2D eigenvalue weighted by Crippen LogP contribution is -2.57. The molecule has 1 aliphatic heterocycles. The summed E-state index contributed by atoms with van der Waals surface area (Å²) in [6, 6.07) is 13.9. The maximum absolute atomic E-state index is 14.2. The molecule has 1 heterocycles. The molecule has 1 amide bonds. The third-order valence-electron chi connectivity index (χ3n) is 8.46. The molecule has 6 nitrogen and oxygen atoms in total. The van der Waals surface area contributed by atoms with Gasteiger partial charge in [-0.05, 0) is 79.8 Å². The molecule has 0 aromatic heterocycles. The number of nitrogens with one attached hydrogen (secondary N) is 1. The van der Waals surface area contributed by atoms with E-state index in [1.54, 1.807) is 30.3 Å². The first kappa shape index (κ1) is 28.9. The number of aliphatic carboxylic acids is 1. The molecule has 0 radical (unpaired) electrons. The summed E-state index contributed by atoms with van der Waals surface area (Å²) >= 11 is 12.5. The quantitative estimate of drug-likeness (QED) is 0.322. The number of hydrogen-bond donors (Lipinski definition) is 2. The molecule has 2 fully saturated rings. The predicted octanol–water partition coefficient (Wildman–Crippen LogP) is 6.36. The van der Waals surface area contributed by atoms with Crippen LogP contribution in [-0.2, 0) is 24.2 Å². The molecule has 2 N–H and O–H groups in total. The first-order chi connectivity index (χ1) is 18.0. The molecule has 2 aliphatic rings. The van der Waals surface area contributed by atoms with E-state index in [-0.39, 0.29) is 36.3 Å². The highest BCUT2D eigenvalue weighted by Crippen LogP contribution is 2.56. The number of carboxylic acids is 1. The Bertz CT molecular complexity index is 1290. The molecule has 2 aromatic carbocycles. The van der Waals surface area contributed by atoms with E-state index >= 15 is 0 Å². The van der Waals surface area contributed by atoms with Crippen LogP contribution in [0.1, 0.15) is 75.8 Å². The van der Waals surface area contributed by atoms with E-state index in [4.69, 9.17) is 23.2 Å². The summed E-state index contributed by atoms with van der Waals surface area (Å²) < 4.78 is 27.1. The van der Waals surface area contributed by atoms with E-state index < -0.39 is 32.0 Å². The van der Waals surface area contributed by atoms with E-state index in [1.165, 1.54) is 0 Å². The van der Waals surface area contributed by atoms with Crippen molar-refractivity contribution in [1.29, 1.82) is 0 Å². The molecule has 0 bridgehead atoms. The lowest BCUT2D eigenvalue weighted by Gasteiger charge is -2.47. The molecule has 1 saturated heterocycles. The van der Waals surface area contributed by atoms with Crippen molar-refractivity contribution in [2.24, 2.45) is 11.3 Å². The van der Waals surface area contributed by atoms with Gasteiger partial charge >= 0.3 is 5.97 Å². The number of rotatable bonds is 11. The fraction of sp³-hybridized carbons (Fsp3) is 0.517. The second-order valence-electron chi connectivity index (χ2n) is 10.8. The van der Waals surface area contributed by atoms with Gasteiger partial charge in [0.1, 0.15) is 4.75 Å². The molecule has 9 heteroatoms. The fourth-order valence-corrected chi connectivity index (χ4v) is 9.27. The second kappa shape index (κ2) is 11.2. The van der Waals surface area contributed by atoms with Crippen LogP contribution in [0.3, 0.4) is 0 Å². The number of carbonyl (C=O) groups excluding carboxylic acids is 1. The van der Waals surface area contributed by atoms with Crippen molar-refractivity contribution in [3.05, 3.63) is 69.7 Å². The van der Waals surface area contributed by atoms with Gasteiger partial charge in [0.2, 0.25) is 5.91 Å². The summed E-state index contributed by atoms with van der Waals surface area (Å²) in [6.45, 7) is 3.68. The molecule has 1 saturated carbocycles. The maximum Gasteiger partial charge on any atom is 0.304 e. The van der Waals surface area contributed by atoms with E-state index in [0.29, 0.717) is 34.9 Å². The molecule has 4 rings (SSSR count). The van der Waals surface area contributed by atoms with Gasteiger partial charge in [-0.1, -0.05) is 61.3 Å². The number of carboxylic acid groups (broad SMARTS) is 1. The molecule has 2 aromatic rings. The smallest absolute Gasteiger partial charge is 0.304 e. The van der Waals surface area contributed by atoms with Gasteiger partial charge in [0.05, 0.1) is 17.6 Å². The first-order valence-corrected chi connectivity index (χ1v) is 15.7. The lowest BCUT2D eigenvalue weighted by atomic mass is 9.65. The highest BCUT2D eigenvalue weighted by Gasteiger charge is 2.58. The summed E-state index contributed by atoms with van der Waals surface area (Å²) in [5, 5.41) is 13.8. The Morgan fingerprint density at radius 1 is 1.11 bits per heavy atom. The molecular formula is C29H35Cl2NO5S. The zero-order valence-corrected chi connectivity index (χ0v) is 24.1. The molecule has 0 unspecified atom stereocenters. The van der Waals surface area contributed by atoms with Gasteiger partial charge in [-0.15, -0.1) is 0 Å².